The van der Waals surface area contributed by atoms with Crippen molar-refractivity contribution in [1.82, 2.24) is 5.32 Å². The van der Waals surface area contributed by atoms with Crippen molar-refractivity contribution in [3.63, 3.8) is 0 Å². The SMILES string of the molecule is O=C(NCc1ccccc1)Nc1ccc(F)c(C(=O)O)c1F. The van der Waals surface area contributed by atoms with Gasteiger partial charge in [-0.25, -0.2) is 18.4 Å². The standard InChI is InChI=1S/C15H12F2N2O3/c16-10-6-7-11(13(17)12(10)14(20)21)19-15(22)18-8-9-4-2-1-3-5-9/h1-7H,8H2,(H,20,21)(H2,18,19,22). The number of benzene rings is 2. The molecule has 3 N–H and O–H groups in total. The van der Waals surface area contributed by atoms with Crippen LogP contribution in [-0.2, 0) is 6.54 Å². The quantitative estimate of drug-likeness (QED) is 0.812. The van der Waals surface area contributed by atoms with E-state index in [4.69, 9.17) is 5.11 Å². The fraction of sp³-hybridized carbons (Fsp3) is 0.0667. The molecule has 2 amide bonds. The first kappa shape index (κ1) is 15.4. The molecule has 7 heteroatoms. The van der Waals surface area contributed by atoms with E-state index >= 15 is 0 Å². The number of halogens is 2. The summed E-state index contributed by atoms with van der Waals surface area (Å²) in [4.78, 5) is 22.5. The van der Waals surface area contributed by atoms with Crippen LogP contribution in [-0.4, -0.2) is 17.1 Å². The van der Waals surface area contributed by atoms with Gasteiger partial charge in [-0.1, -0.05) is 30.3 Å². The molecule has 0 aliphatic heterocycles. The molecule has 0 aliphatic rings. The zero-order valence-electron chi connectivity index (χ0n) is 11.3. The highest BCUT2D eigenvalue weighted by atomic mass is 19.1. The molecule has 0 heterocycles. The smallest absolute Gasteiger partial charge is 0.341 e. The number of anilines is 1. The molecule has 0 saturated carbocycles. The van der Waals surface area contributed by atoms with Crippen molar-refractivity contribution in [3.8, 4) is 0 Å². The monoisotopic (exact) mass is 306 g/mol. The van der Waals surface area contributed by atoms with Crippen LogP contribution in [0.25, 0.3) is 0 Å². The van der Waals surface area contributed by atoms with E-state index in [2.05, 4.69) is 10.6 Å². The van der Waals surface area contributed by atoms with Gasteiger partial charge in [0, 0.05) is 6.54 Å². The second kappa shape index (κ2) is 6.66. The van der Waals surface area contributed by atoms with E-state index in [1.165, 1.54) is 0 Å². The van der Waals surface area contributed by atoms with Crippen LogP contribution >= 0.6 is 0 Å². The molecule has 0 unspecified atom stereocenters. The summed E-state index contributed by atoms with van der Waals surface area (Å²) in [6.45, 7) is 0.210. The summed E-state index contributed by atoms with van der Waals surface area (Å²) >= 11 is 0. The number of carboxylic acid groups (broad SMARTS) is 1. The number of urea groups is 1. The Kier molecular flexibility index (Phi) is 4.67. The van der Waals surface area contributed by atoms with E-state index in [0.29, 0.717) is 0 Å². The van der Waals surface area contributed by atoms with Gasteiger partial charge in [-0.3, -0.25) is 0 Å². The summed E-state index contributed by atoms with van der Waals surface area (Å²) in [7, 11) is 0. The number of rotatable bonds is 4. The van der Waals surface area contributed by atoms with Crippen molar-refractivity contribution < 1.29 is 23.5 Å². The average Bonchev–Trinajstić information content (AvgIpc) is 2.49. The number of carbonyl (C=O) groups excluding carboxylic acids is 1. The maximum atomic E-state index is 13.8. The van der Waals surface area contributed by atoms with E-state index in [-0.39, 0.29) is 6.54 Å². The number of carboxylic acids is 1. The summed E-state index contributed by atoms with van der Waals surface area (Å²) in [5.41, 5.74) is -0.686. The predicted octanol–water partition coefficient (Wildman–Crippen LogP) is 2.98. The third-order valence-electron chi connectivity index (χ3n) is 2.85. The van der Waals surface area contributed by atoms with Gasteiger partial charge in [-0.15, -0.1) is 0 Å². The minimum atomic E-state index is -1.75. The van der Waals surface area contributed by atoms with Crippen molar-refractivity contribution in [2.24, 2.45) is 0 Å². The Morgan fingerprint density at radius 1 is 1.05 bits per heavy atom. The Morgan fingerprint density at radius 3 is 2.36 bits per heavy atom. The highest BCUT2D eigenvalue weighted by Gasteiger charge is 2.20. The van der Waals surface area contributed by atoms with Crippen molar-refractivity contribution in [2.75, 3.05) is 5.32 Å². The molecule has 0 aliphatic carbocycles. The van der Waals surface area contributed by atoms with Gasteiger partial charge in [-0.2, -0.15) is 0 Å². The number of nitrogens with one attached hydrogen (secondary N) is 2. The van der Waals surface area contributed by atoms with E-state index in [1.54, 1.807) is 24.3 Å². The number of aromatic carboxylic acids is 1. The second-order valence-corrected chi connectivity index (χ2v) is 4.38. The van der Waals surface area contributed by atoms with Gasteiger partial charge in [0.1, 0.15) is 11.4 Å². The molecule has 5 nitrogen and oxygen atoms in total. The Bertz CT molecular complexity index is 705. The summed E-state index contributed by atoms with van der Waals surface area (Å²) < 4.78 is 27.1. The molecule has 0 spiro atoms. The molecule has 0 saturated heterocycles. The van der Waals surface area contributed by atoms with Crippen LogP contribution in [0.2, 0.25) is 0 Å². The topological polar surface area (TPSA) is 78.4 Å². The van der Waals surface area contributed by atoms with Gasteiger partial charge >= 0.3 is 12.0 Å². The van der Waals surface area contributed by atoms with Gasteiger partial charge in [0.2, 0.25) is 0 Å². The molecular formula is C15H12F2N2O3. The molecule has 0 aromatic heterocycles. The molecule has 0 radical (unpaired) electrons. The molecular weight excluding hydrogens is 294 g/mol. The lowest BCUT2D eigenvalue weighted by Crippen LogP contribution is -2.28. The summed E-state index contributed by atoms with van der Waals surface area (Å²) in [5.74, 6) is -4.29. The van der Waals surface area contributed by atoms with Gasteiger partial charge in [0.25, 0.3) is 0 Å². The summed E-state index contributed by atoms with van der Waals surface area (Å²) in [5, 5.41) is 13.4. The fourth-order valence-electron chi connectivity index (χ4n) is 1.79. The van der Waals surface area contributed by atoms with Crippen LogP contribution in [0.3, 0.4) is 0 Å². The molecule has 2 aromatic rings. The largest absolute Gasteiger partial charge is 0.477 e. The third kappa shape index (κ3) is 3.57. The highest BCUT2D eigenvalue weighted by Crippen LogP contribution is 2.21. The first-order valence-electron chi connectivity index (χ1n) is 6.29. The van der Waals surface area contributed by atoms with Gasteiger partial charge in [0.05, 0.1) is 5.69 Å². The van der Waals surface area contributed by atoms with Crippen LogP contribution in [0.5, 0.6) is 0 Å². The summed E-state index contributed by atoms with van der Waals surface area (Å²) in [6, 6.07) is 10.0. The van der Waals surface area contributed by atoms with E-state index in [1.807, 2.05) is 6.07 Å². The minimum Gasteiger partial charge on any atom is -0.477 e. The Balaban J connectivity index is 2.06. The normalized spacial score (nSPS) is 10.1. The number of amides is 2. The van der Waals surface area contributed by atoms with Crippen LogP contribution < -0.4 is 10.6 Å². The lowest BCUT2D eigenvalue weighted by molar-refractivity contribution is 0.0686. The molecule has 0 bridgehead atoms. The second-order valence-electron chi connectivity index (χ2n) is 4.38. The van der Waals surface area contributed by atoms with E-state index in [0.717, 1.165) is 17.7 Å². The Morgan fingerprint density at radius 2 is 1.73 bits per heavy atom. The molecule has 2 rings (SSSR count). The van der Waals surface area contributed by atoms with Crippen LogP contribution in [0.15, 0.2) is 42.5 Å². The predicted molar refractivity (Wildman–Crippen MR) is 75.6 cm³/mol. The van der Waals surface area contributed by atoms with Crippen molar-refractivity contribution in [3.05, 3.63) is 65.2 Å². The van der Waals surface area contributed by atoms with Gasteiger partial charge < -0.3 is 15.7 Å². The highest BCUT2D eigenvalue weighted by molar-refractivity contribution is 5.93. The first-order valence-corrected chi connectivity index (χ1v) is 6.29. The number of hydrogen-bond acceptors (Lipinski definition) is 2. The fourth-order valence-corrected chi connectivity index (χ4v) is 1.79. The van der Waals surface area contributed by atoms with Crippen molar-refractivity contribution >= 4 is 17.7 Å². The zero-order chi connectivity index (χ0) is 16.1. The zero-order valence-corrected chi connectivity index (χ0v) is 11.3. The van der Waals surface area contributed by atoms with Crippen molar-refractivity contribution in [1.29, 1.82) is 0 Å². The molecule has 22 heavy (non-hydrogen) atoms. The molecule has 0 fully saturated rings. The molecule has 0 atom stereocenters. The Hall–Kier alpha value is -2.96. The maximum Gasteiger partial charge on any atom is 0.341 e. The van der Waals surface area contributed by atoms with Gasteiger partial charge in [-0.05, 0) is 17.7 Å². The number of hydrogen-bond donors (Lipinski definition) is 3. The van der Waals surface area contributed by atoms with Crippen LogP contribution in [0, 0.1) is 11.6 Å². The lowest BCUT2D eigenvalue weighted by atomic mass is 10.1. The van der Waals surface area contributed by atoms with Crippen LogP contribution in [0.1, 0.15) is 15.9 Å². The van der Waals surface area contributed by atoms with E-state index in [9.17, 15) is 18.4 Å². The maximum absolute atomic E-state index is 13.8. The number of carbonyl (C=O) groups is 2. The minimum absolute atomic E-state index is 0.210. The lowest BCUT2D eigenvalue weighted by Gasteiger charge is -2.10. The third-order valence-corrected chi connectivity index (χ3v) is 2.85. The van der Waals surface area contributed by atoms with Gasteiger partial charge in [0.15, 0.2) is 5.82 Å². The molecule has 114 valence electrons. The van der Waals surface area contributed by atoms with Crippen molar-refractivity contribution in [2.45, 2.75) is 6.54 Å². The average molecular weight is 306 g/mol. The summed E-state index contributed by atoms with van der Waals surface area (Å²) in [6.07, 6.45) is 0. The van der Waals surface area contributed by atoms with E-state index < -0.39 is 34.9 Å². The molecule has 2 aromatic carbocycles. The first-order chi connectivity index (χ1) is 10.5. The van der Waals surface area contributed by atoms with Crippen LogP contribution in [0.4, 0.5) is 19.3 Å². The Labute approximate surface area is 124 Å².